The van der Waals surface area contributed by atoms with Gasteiger partial charge in [-0.3, -0.25) is 0 Å². The molecule has 1 heterocycles. The smallest absolute Gasteiger partial charge is 0.256 e. The molecule has 0 unspecified atom stereocenters. The average Bonchev–Trinajstić information content (AvgIpc) is 2.39. The highest BCUT2D eigenvalue weighted by Gasteiger charge is 2.23. The molecule has 0 saturated carbocycles. The number of benzene rings is 1. The zero-order valence-electron chi connectivity index (χ0n) is 11.2. The Balaban J connectivity index is 2.16. The lowest BCUT2D eigenvalue weighted by molar-refractivity contribution is 0.0272. The summed E-state index contributed by atoms with van der Waals surface area (Å²) in [6, 6.07) is 4.10. The molecule has 0 radical (unpaired) electrons. The molecular formula is C12H18FN3O3S. The number of rotatable bonds is 5. The number of nitrogens with one attached hydrogen (secondary N) is 2. The first-order valence-electron chi connectivity index (χ1n) is 6.31. The molecule has 0 aliphatic carbocycles. The predicted molar refractivity (Wildman–Crippen MR) is 71.9 cm³/mol. The van der Waals surface area contributed by atoms with Gasteiger partial charge in [0.2, 0.25) is 0 Å². The Kier molecular flexibility index (Phi) is 5.06. The van der Waals surface area contributed by atoms with Gasteiger partial charge in [-0.2, -0.15) is 0 Å². The van der Waals surface area contributed by atoms with Gasteiger partial charge in [0.1, 0.15) is 10.7 Å². The standard InChI is InChI=1S/C12H18FN3O3S/c1-14-9-10-2-3-12(11(13)8-10)20(17,18)15-16-4-6-19-7-5-16/h2-3,8,14-15H,4-7,9H2,1H3. The molecule has 1 aromatic carbocycles. The van der Waals surface area contributed by atoms with Crippen LogP contribution in [0, 0.1) is 5.82 Å². The van der Waals surface area contributed by atoms with E-state index in [4.69, 9.17) is 4.74 Å². The predicted octanol–water partition coefficient (Wildman–Crippen LogP) is 0.0706. The van der Waals surface area contributed by atoms with Crippen LogP contribution < -0.4 is 10.1 Å². The summed E-state index contributed by atoms with van der Waals surface area (Å²) in [4.78, 5) is 2.03. The third-order valence-electron chi connectivity index (χ3n) is 2.93. The molecule has 1 saturated heterocycles. The van der Waals surface area contributed by atoms with Crippen LogP contribution in [0.5, 0.6) is 0 Å². The number of halogens is 1. The van der Waals surface area contributed by atoms with Gasteiger partial charge in [0.05, 0.1) is 13.2 Å². The van der Waals surface area contributed by atoms with Crippen molar-refractivity contribution in [2.24, 2.45) is 0 Å². The number of nitrogens with zero attached hydrogens (tertiary/aromatic N) is 1. The van der Waals surface area contributed by atoms with Crippen LogP contribution in [-0.4, -0.2) is 46.8 Å². The maximum atomic E-state index is 13.9. The summed E-state index contributed by atoms with van der Waals surface area (Å²) in [7, 11) is -2.16. The third kappa shape index (κ3) is 3.74. The normalized spacial score (nSPS) is 17.3. The maximum absolute atomic E-state index is 13.9. The van der Waals surface area contributed by atoms with E-state index in [2.05, 4.69) is 10.1 Å². The lowest BCUT2D eigenvalue weighted by atomic mass is 10.2. The Morgan fingerprint density at radius 3 is 2.65 bits per heavy atom. The fraction of sp³-hybridized carbons (Fsp3) is 0.500. The number of sulfonamides is 1. The van der Waals surface area contributed by atoms with Crippen molar-refractivity contribution < 1.29 is 17.5 Å². The molecule has 2 N–H and O–H groups in total. The maximum Gasteiger partial charge on any atom is 0.256 e. The molecule has 8 heteroatoms. The second kappa shape index (κ2) is 6.59. The van der Waals surface area contributed by atoms with E-state index in [9.17, 15) is 12.8 Å². The highest BCUT2D eigenvalue weighted by atomic mass is 32.2. The summed E-state index contributed by atoms with van der Waals surface area (Å²) in [5.41, 5.74) is 0.690. The van der Waals surface area contributed by atoms with E-state index in [1.807, 2.05) is 0 Å². The summed E-state index contributed by atoms with van der Waals surface area (Å²) in [5.74, 6) is -0.751. The quantitative estimate of drug-likeness (QED) is 0.805. The van der Waals surface area contributed by atoms with Crippen molar-refractivity contribution in [3.63, 3.8) is 0 Å². The van der Waals surface area contributed by atoms with E-state index < -0.39 is 15.8 Å². The lowest BCUT2D eigenvalue weighted by Crippen LogP contribution is -2.48. The molecule has 2 rings (SSSR count). The molecule has 112 valence electrons. The van der Waals surface area contributed by atoms with Gasteiger partial charge in [-0.15, -0.1) is 4.83 Å². The van der Waals surface area contributed by atoms with Crippen molar-refractivity contribution in [3.05, 3.63) is 29.6 Å². The fourth-order valence-corrected chi connectivity index (χ4v) is 3.13. The average molecular weight is 303 g/mol. The second-order valence-corrected chi connectivity index (χ2v) is 6.12. The van der Waals surface area contributed by atoms with Crippen molar-refractivity contribution in [2.75, 3.05) is 33.4 Å². The van der Waals surface area contributed by atoms with Gasteiger partial charge in [0, 0.05) is 19.6 Å². The van der Waals surface area contributed by atoms with Crippen molar-refractivity contribution >= 4 is 10.0 Å². The second-order valence-electron chi connectivity index (χ2n) is 4.49. The first-order valence-corrected chi connectivity index (χ1v) is 7.79. The van der Waals surface area contributed by atoms with Crippen LogP contribution in [0.4, 0.5) is 4.39 Å². The van der Waals surface area contributed by atoms with Crippen LogP contribution in [0.15, 0.2) is 23.1 Å². The molecule has 0 spiro atoms. The largest absolute Gasteiger partial charge is 0.379 e. The molecule has 0 amide bonds. The molecule has 6 nitrogen and oxygen atoms in total. The van der Waals surface area contributed by atoms with Gasteiger partial charge >= 0.3 is 0 Å². The number of ether oxygens (including phenoxy) is 1. The van der Waals surface area contributed by atoms with Crippen LogP contribution in [0.3, 0.4) is 0 Å². The first kappa shape index (κ1) is 15.3. The molecule has 20 heavy (non-hydrogen) atoms. The lowest BCUT2D eigenvalue weighted by Gasteiger charge is -2.26. The summed E-state index contributed by atoms with van der Waals surface area (Å²) >= 11 is 0. The number of hydrogen-bond donors (Lipinski definition) is 2. The molecule has 0 atom stereocenters. The Labute approximate surface area is 117 Å². The zero-order chi connectivity index (χ0) is 14.6. The third-order valence-corrected chi connectivity index (χ3v) is 4.34. The Hall–Kier alpha value is -1.06. The molecule has 1 aliphatic rings. The minimum absolute atomic E-state index is 0.344. The zero-order valence-corrected chi connectivity index (χ0v) is 12.0. The van der Waals surface area contributed by atoms with Crippen LogP contribution in [0.2, 0.25) is 0 Å². The first-order chi connectivity index (χ1) is 9.53. The summed E-state index contributed by atoms with van der Waals surface area (Å²) in [6.07, 6.45) is 0. The van der Waals surface area contributed by atoms with Gasteiger partial charge in [-0.25, -0.2) is 17.8 Å². The highest BCUT2D eigenvalue weighted by molar-refractivity contribution is 7.89. The molecule has 1 aliphatic heterocycles. The van der Waals surface area contributed by atoms with Crippen molar-refractivity contribution in [1.82, 2.24) is 15.2 Å². The Morgan fingerprint density at radius 1 is 1.35 bits per heavy atom. The summed E-state index contributed by atoms with van der Waals surface area (Å²) in [6.45, 7) is 2.27. The van der Waals surface area contributed by atoms with E-state index in [1.54, 1.807) is 13.1 Å². The molecule has 1 fully saturated rings. The van der Waals surface area contributed by atoms with Crippen LogP contribution in [0.25, 0.3) is 0 Å². The number of hydrazine groups is 1. The van der Waals surface area contributed by atoms with Gasteiger partial charge in [0.25, 0.3) is 10.0 Å². The van der Waals surface area contributed by atoms with Gasteiger partial charge in [-0.1, -0.05) is 6.07 Å². The summed E-state index contributed by atoms with van der Waals surface area (Å²) < 4.78 is 43.3. The molecule has 0 aromatic heterocycles. The van der Waals surface area contributed by atoms with Gasteiger partial charge in [0.15, 0.2) is 0 Å². The van der Waals surface area contributed by atoms with E-state index in [1.165, 1.54) is 17.1 Å². The van der Waals surface area contributed by atoms with Gasteiger partial charge in [-0.05, 0) is 24.7 Å². The topological polar surface area (TPSA) is 70.7 Å². The number of morpholine rings is 1. The van der Waals surface area contributed by atoms with Crippen LogP contribution in [-0.2, 0) is 21.3 Å². The minimum Gasteiger partial charge on any atom is -0.379 e. The van der Waals surface area contributed by atoms with E-state index in [0.29, 0.717) is 38.4 Å². The highest BCUT2D eigenvalue weighted by Crippen LogP contribution is 2.16. The van der Waals surface area contributed by atoms with Crippen LogP contribution >= 0.6 is 0 Å². The minimum atomic E-state index is -3.90. The number of hydrogen-bond acceptors (Lipinski definition) is 5. The van der Waals surface area contributed by atoms with Crippen molar-refractivity contribution in [3.8, 4) is 0 Å². The monoisotopic (exact) mass is 303 g/mol. The fourth-order valence-electron chi connectivity index (χ4n) is 1.95. The summed E-state index contributed by atoms with van der Waals surface area (Å²) in [5, 5.41) is 4.39. The molecule has 0 bridgehead atoms. The van der Waals surface area contributed by atoms with E-state index in [0.717, 1.165) is 0 Å². The molecule has 1 aromatic rings. The van der Waals surface area contributed by atoms with E-state index >= 15 is 0 Å². The van der Waals surface area contributed by atoms with E-state index in [-0.39, 0.29) is 4.90 Å². The Morgan fingerprint density at radius 2 is 2.05 bits per heavy atom. The van der Waals surface area contributed by atoms with Gasteiger partial charge < -0.3 is 10.1 Å². The SMILES string of the molecule is CNCc1ccc(S(=O)(=O)NN2CCOCC2)c(F)c1. The molecular weight excluding hydrogens is 285 g/mol. The Bertz CT molecular complexity index is 559. The van der Waals surface area contributed by atoms with Crippen molar-refractivity contribution in [2.45, 2.75) is 11.4 Å². The van der Waals surface area contributed by atoms with Crippen molar-refractivity contribution in [1.29, 1.82) is 0 Å². The van der Waals surface area contributed by atoms with Crippen LogP contribution in [0.1, 0.15) is 5.56 Å².